The molecule has 0 unspecified atom stereocenters. The Morgan fingerprint density at radius 3 is 3.04 bits per heavy atom. The molecule has 1 aliphatic rings. The Morgan fingerprint density at radius 2 is 2.30 bits per heavy atom. The first-order chi connectivity index (χ1) is 13.0. The van der Waals surface area contributed by atoms with E-state index in [4.69, 9.17) is 11.6 Å². The molecule has 9 heteroatoms. The monoisotopic (exact) mass is 394 g/mol. The van der Waals surface area contributed by atoms with E-state index >= 15 is 0 Å². The maximum Gasteiger partial charge on any atom is 0.318 e. The van der Waals surface area contributed by atoms with Crippen molar-refractivity contribution in [3.05, 3.63) is 52.3 Å². The van der Waals surface area contributed by atoms with Crippen molar-refractivity contribution in [2.45, 2.75) is 25.3 Å². The molecule has 2 heterocycles. The molecular formula is C18H20ClFN4O3. The first kappa shape index (κ1) is 19.2. The number of ether oxygens (including phenoxy) is 1. The van der Waals surface area contributed by atoms with E-state index in [1.807, 2.05) is 0 Å². The SMILES string of the molecule is COC(=O)CCCNC(=O)N1CCc2[nH]cnc2[C@@H]1c1ccc(F)c(Cl)c1. The average Bonchev–Trinajstić information content (AvgIpc) is 3.15. The number of H-pyrrole nitrogens is 1. The van der Waals surface area contributed by atoms with Gasteiger partial charge in [0.15, 0.2) is 0 Å². The van der Waals surface area contributed by atoms with Crippen LogP contribution in [0.5, 0.6) is 0 Å². The smallest absolute Gasteiger partial charge is 0.318 e. The molecule has 2 N–H and O–H groups in total. The zero-order valence-corrected chi connectivity index (χ0v) is 15.6. The fraction of sp³-hybridized carbons (Fsp3) is 0.389. The van der Waals surface area contributed by atoms with Crippen molar-refractivity contribution < 1.29 is 18.7 Å². The predicted molar refractivity (Wildman–Crippen MR) is 96.9 cm³/mol. The highest BCUT2D eigenvalue weighted by molar-refractivity contribution is 6.30. The molecule has 0 radical (unpaired) electrons. The standard InChI is InChI=1S/C18H20ClFN4O3/c1-27-15(25)3-2-7-21-18(26)24-8-6-14-16(23-10-22-14)17(24)11-4-5-13(20)12(19)9-11/h4-5,9-10,17H,2-3,6-8H2,1H3,(H,21,26)(H,22,23)/t17-/m0/s1. The summed E-state index contributed by atoms with van der Waals surface area (Å²) in [6, 6.07) is 3.65. The lowest BCUT2D eigenvalue weighted by molar-refractivity contribution is -0.140. The molecule has 0 saturated carbocycles. The third-order valence-electron chi connectivity index (χ3n) is 4.51. The van der Waals surface area contributed by atoms with Gasteiger partial charge in [-0.2, -0.15) is 0 Å². The Bertz CT molecular complexity index is 842. The van der Waals surface area contributed by atoms with Crippen LogP contribution in [-0.2, 0) is 16.0 Å². The van der Waals surface area contributed by atoms with Crippen LogP contribution < -0.4 is 5.32 Å². The Kier molecular flexibility index (Phi) is 5.95. The fourth-order valence-electron chi connectivity index (χ4n) is 3.15. The van der Waals surface area contributed by atoms with Crippen LogP contribution in [0.25, 0.3) is 0 Å². The minimum Gasteiger partial charge on any atom is -0.469 e. The number of nitrogens with zero attached hydrogens (tertiary/aromatic N) is 2. The molecule has 27 heavy (non-hydrogen) atoms. The molecule has 1 aromatic heterocycles. The van der Waals surface area contributed by atoms with Crippen LogP contribution in [0.4, 0.5) is 9.18 Å². The second-order valence-corrected chi connectivity index (χ2v) is 6.60. The molecule has 1 atom stereocenters. The second kappa shape index (κ2) is 8.39. The number of fused-ring (bicyclic) bond motifs is 1. The molecule has 7 nitrogen and oxygen atoms in total. The zero-order chi connectivity index (χ0) is 19.4. The van der Waals surface area contributed by atoms with Crippen molar-refractivity contribution in [3.63, 3.8) is 0 Å². The Labute approximate surface area is 160 Å². The van der Waals surface area contributed by atoms with Crippen LogP contribution in [0, 0.1) is 5.82 Å². The lowest BCUT2D eigenvalue weighted by Gasteiger charge is -2.35. The highest BCUT2D eigenvalue weighted by atomic mass is 35.5. The number of urea groups is 1. The van der Waals surface area contributed by atoms with Crippen LogP contribution in [-0.4, -0.2) is 47.1 Å². The summed E-state index contributed by atoms with van der Waals surface area (Å²) in [5.41, 5.74) is 2.34. The summed E-state index contributed by atoms with van der Waals surface area (Å²) >= 11 is 5.94. The zero-order valence-electron chi connectivity index (χ0n) is 14.8. The van der Waals surface area contributed by atoms with Crippen molar-refractivity contribution in [2.24, 2.45) is 0 Å². The highest BCUT2D eigenvalue weighted by Gasteiger charge is 2.34. The largest absolute Gasteiger partial charge is 0.469 e. The number of hydrogen-bond acceptors (Lipinski definition) is 4. The number of halogens is 2. The maximum absolute atomic E-state index is 13.6. The minimum atomic E-state index is -0.516. The van der Waals surface area contributed by atoms with E-state index in [0.717, 1.165) is 5.69 Å². The molecule has 2 aromatic rings. The molecule has 0 bridgehead atoms. The van der Waals surface area contributed by atoms with E-state index in [1.165, 1.54) is 19.2 Å². The van der Waals surface area contributed by atoms with Gasteiger partial charge in [-0.3, -0.25) is 4.79 Å². The summed E-state index contributed by atoms with van der Waals surface area (Å²) in [4.78, 5) is 33.0. The van der Waals surface area contributed by atoms with Crippen LogP contribution in [0.1, 0.15) is 35.8 Å². The topological polar surface area (TPSA) is 87.3 Å². The number of benzene rings is 1. The van der Waals surface area contributed by atoms with Gasteiger partial charge in [0.2, 0.25) is 0 Å². The highest BCUT2D eigenvalue weighted by Crippen LogP contribution is 2.34. The molecule has 0 aliphatic carbocycles. The normalized spacial score (nSPS) is 16.0. The molecule has 3 rings (SSSR count). The summed E-state index contributed by atoms with van der Waals surface area (Å²) in [6.07, 6.45) is 2.93. The number of amides is 2. The number of methoxy groups -OCH3 is 1. The van der Waals surface area contributed by atoms with Gasteiger partial charge in [-0.05, 0) is 24.1 Å². The van der Waals surface area contributed by atoms with Crippen molar-refractivity contribution in [1.82, 2.24) is 20.2 Å². The molecule has 144 valence electrons. The number of imidazole rings is 1. The first-order valence-corrected chi connectivity index (χ1v) is 8.97. The Morgan fingerprint density at radius 1 is 1.48 bits per heavy atom. The van der Waals surface area contributed by atoms with Gasteiger partial charge in [0.1, 0.15) is 11.9 Å². The fourth-order valence-corrected chi connectivity index (χ4v) is 3.34. The molecule has 0 spiro atoms. The number of nitrogens with one attached hydrogen (secondary N) is 2. The van der Waals surface area contributed by atoms with Gasteiger partial charge in [0.25, 0.3) is 0 Å². The van der Waals surface area contributed by atoms with Gasteiger partial charge in [-0.1, -0.05) is 17.7 Å². The lowest BCUT2D eigenvalue weighted by atomic mass is 9.96. The number of aromatic amines is 1. The van der Waals surface area contributed by atoms with Gasteiger partial charge in [0, 0.05) is 31.6 Å². The van der Waals surface area contributed by atoms with Crippen LogP contribution in [0.2, 0.25) is 5.02 Å². The molecule has 2 amide bonds. The number of carbonyl (C=O) groups is 2. The van der Waals surface area contributed by atoms with E-state index < -0.39 is 11.9 Å². The molecule has 0 saturated heterocycles. The van der Waals surface area contributed by atoms with Gasteiger partial charge in [-0.15, -0.1) is 0 Å². The number of aromatic nitrogens is 2. The van der Waals surface area contributed by atoms with Gasteiger partial charge < -0.3 is 19.9 Å². The van der Waals surface area contributed by atoms with E-state index in [-0.39, 0.29) is 23.4 Å². The number of carbonyl (C=O) groups excluding carboxylic acids is 2. The Balaban J connectivity index is 1.77. The van der Waals surface area contributed by atoms with Gasteiger partial charge in [0.05, 0.1) is 24.2 Å². The van der Waals surface area contributed by atoms with E-state index in [0.29, 0.717) is 37.2 Å². The average molecular weight is 395 g/mol. The third-order valence-corrected chi connectivity index (χ3v) is 4.80. The maximum atomic E-state index is 13.6. The van der Waals surface area contributed by atoms with Crippen LogP contribution >= 0.6 is 11.6 Å². The van der Waals surface area contributed by atoms with Crippen LogP contribution in [0.15, 0.2) is 24.5 Å². The van der Waals surface area contributed by atoms with Crippen LogP contribution in [0.3, 0.4) is 0 Å². The first-order valence-electron chi connectivity index (χ1n) is 8.59. The summed E-state index contributed by atoms with van der Waals surface area (Å²) in [5.74, 6) is -0.834. The number of hydrogen-bond donors (Lipinski definition) is 2. The second-order valence-electron chi connectivity index (χ2n) is 6.20. The third kappa shape index (κ3) is 4.21. The summed E-state index contributed by atoms with van der Waals surface area (Å²) in [6.45, 7) is 0.812. The van der Waals surface area contributed by atoms with Gasteiger partial charge in [-0.25, -0.2) is 14.2 Å². The van der Waals surface area contributed by atoms with Crippen molar-refractivity contribution in [2.75, 3.05) is 20.2 Å². The molecule has 1 aromatic carbocycles. The summed E-state index contributed by atoms with van der Waals surface area (Å²) in [7, 11) is 1.33. The van der Waals surface area contributed by atoms with Crippen molar-refractivity contribution >= 4 is 23.6 Å². The number of esters is 1. The van der Waals surface area contributed by atoms with E-state index in [2.05, 4.69) is 20.0 Å². The quantitative estimate of drug-likeness (QED) is 0.603. The molecular weight excluding hydrogens is 375 g/mol. The van der Waals surface area contributed by atoms with Crippen molar-refractivity contribution in [1.29, 1.82) is 0 Å². The number of rotatable bonds is 5. The predicted octanol–water partition coefficient (Wildman–Crippen LogP) is 2.81. The van der Waals surface area contributed by atoms with E-state index in [9.17, 15) is 14.0 Å². The van der Waals surface area contributed by atoms with Gasteiger partial charge >= 0.3 is 12.0 Å². The molecule has 1 aliphatic heterocycles. The van der Waals surface area contributed by atoms with Crippen molar-refractivity contribution in [3.8, 4) is 0 Å². The van der Waals surface area contributed by atoms with E-state index in [1.54, 1.807) is 17.3 Å². The molecule has 0 fully saturated rings. The Hall–Kier alpha value is -2.61. The lowest BCUT2D eigenvalue weighted by Crippen LogP contribution is -2.46. The summed E-state index contributed by atoms with van der Waals surface area (Å²) in [5, 5.41) is 2.81. The summed E-state index contributed by atoms with van der Waals surface area (Å²) < 4.78 is 18.2. The minimum absolute atomic E-state index is 0.00593.